The Labute approximate surface area is 105 Å². The normalized spacial score (nSPS) is 12.6. The first-order valence-corrected chi connectivity index (χ1v) is 5.71. The Morgan fingerprint density at radius 2 is 2.06 bits per heavy atom. The Bertz CT molecular complexity index is 426. The van der Waals surface area contributed by atoms with Gasteiger partial charge in [0.15, 0.2) is 0 Å². The van der Waals surface area contributed by atoms with Gasteiger partial charge in [-0.1, -0.05) is 13.8 Å². The highest BCUT2D eigenvalue weighted by Gasteiger charge is 2.17. The van der Waals surface area contributed by atoms with Crippen LogP contribution >= 0.6 is 0 Å². The van der Waals surface area contributed by atoms with E-state index in [-0.39, 0.29) is 5.76 Å². The fourth-order valence-electron chi connectivity index (χ4n) is 1.57. The van der Waals surface area contributed by atoms with Crippen molar-refractivity contribution in [1.82, 2.24) is 4.90 Å². The van der Waals surface area contributed by atoms with Crippen LogP contribution < -0.4 is 0 Å². The fraction of sp³-hybridized carbons (Fsp3) is 0.500. The molecule has 0 aliphatic carbocycles. The molecule has 0 aromatic carbocycles. The van der Waals surface area contributed by atoms with Gasteiger partial charge in [-0.25, -0.2) is 4.79 Å². The zero-order valence-electron chi connectivity index (χ0n) is 10.4. The summed E-state index contributed by atoms with van der Waals surface area (Å²) in [6, 6.07) is 2.99. The van der Waals surface area contributed by atoms with E-state index >= 15 is 0 Å². The first kappa shape index (κ1) is 14.2. The lowest BCUT2D eigenvalue weighted by Crippen LogP contribution is -2.31. The monoisotopic (exact) mass is 255 g/mol. The van der Waals surface area contributed by atoms with Gasteiger partial charge in [0, 0.05) is 6.54 Å². The molecule has 100 valence electrons. The van der Waals surface area contributed by atoms with E-state index in [1.54, 1.807) is 13.0 Å². The van der Waals surface area contributed by atoms with E-state index in [0.29, 0.717) is 25.4 Å². The van der Waals surface area contributed by atoms with Crippen molar-refractivity contribution in [1.29, 1.82) is 0 Å². The fourth-order valence-corrected chi connectivity index (χ4v) is 1.57. The molecule has 0 aliphatic rings. The van der Waals surface area contributed by atoms with Gasteiger partial charge in [0.1, 0.15) is 5.76 Å². The summed E-state index contributed by atoms with van der Waals surface area (Å²) in [5, 5.41) is 17.6. The number of carbonyl (C=O) groups is 2. The Hall–Kier alpha value is -1.82. The summed E-state index contributed by atoms with van der Waals surface area (Å²) in [4.78, 5) is 23.3. The quantitative estimate of drug-likeness (QED) is 0.767. The maximum Gasteiger partial charge on any atom is 0.371 e. The second-order valence-electron chi connectivity index (χ2n) is 4.14. The minimum atomic E-state index is -1.11. The number of carboxylic acids is 2. The highest BCUT2D eigenvalue weighted by molar-refractivity contribution is 5.84. The molecule has 0 bridgehead atoms. The third-order valence-corrected chi connectivity index (χ3v) is 2.65. The standard InChI is InChI=1S/C12H17NO5/c1-3-13(6-8(2)11(14)15)7-9-4-5-10(18-9)12(16)17/h4-5,8H,3,6-7H2,1-2H3,(H,14,15)(H,16,17). The van der Waals surface area contributed by atoms with Crippen molar-refractivity contribution in [3.63, 3.8) is 0 Å². The number of carboxylic acid groups (broad SMARTS) is 2. The lowest BCUT2D eigenvalue weighted by Gasteiger charge is -2.21. The zero-order chi connectivity index (χ0) is 13.7. The van der Waals surface area contributed by atoms with Crippen molar-refractivity contribution < 1.29 is 24.2 Å². The molecule has 0 spiro atoms. The predicted octanol–water partition coefficient (Wildman–Crippen LogP) is 1.52. The molecule has 6 nitrogen and oxygen atoms in total. The molecule has 0 fully saturated rings. The smallest absolute Gasteiger partial charge is 0.371 e. The summed E-state index contributed by atoms with van der Waals surface area (Å²) < 4.78 is 5.13. The predicted molar refractivity (Wildman–Crippen MR) is 63.4 cm³/mol. The van der Waals surface area contributed by atoms with Crippen molar-refractivity contribution in [3.8, 4) is 0 Å². The van der Waals surface area contributed by atoms with Crippen LogP contribution in [-0.4, -0.2) is 40.1 Å². The summed E-state index contributed by atoms with van der Waals surface area (Å²) in [5.74, 6) is -2.01. The number of aromatic carboxylic acids is 1. The maximum absolute atomic E-state index is 10.8. The maximum atomic E-state index is 10.8. The molecule has 18 heavy (non-hydrogen) atoms. The van der Waals surface area contributed by atoms with Crippen molar-refractivity contribution in [2.75, 3.05) is 13.1 Å². The van der Waals surface area contributed by atoms with Gasteiger partial charge in [-0.3, -0.25) is 9.69 Å². The minimum absolute atomic E-state index is 0.104. The van der Waals surface area contributed by atoms with Crippen LogP contribution in [0.2, 0.25) is 0 Å². The Balaban J connectivity index is 2.61. The minimum Gasteiger partial charge on any atom is -0.481 e. The van der Waals surface area contributed by atoms with Crippen molar-refractivity contribution >= 4 is 11.9 Å². The van der Waals surface area contributed by atoms with Crippen LogP contribution in [0.4, 0.5) is 0 Å². The van der Waals surface area contributed by atoms with Crippen LogP contribution in [0.25, 0.3) is 0 Å². The van der Waals surface area contributed by atoms with Crippen LogP contribution in [0, 0.1) is 5.92 Å². The number of rotatable bonds is 7. The van der Waals surface area contributed by atoms with Crippen LogP contribution in [0.15, 0.2) is 16.5 Å². The van der Waals surface area contributed by atoms with E-state index in [2.05, 4.69) is 0 Å². The van der Waals surface area contributed by atoms with Crippen LogP contribution in [-0.2, 0) is 11.3 Å². The molecular weight excluding hydrogens is 238 g/mol. The summed E-state index contributed by atoms with van der Waals surface area (Å²) in [7, 11) is 0. The highest BCUT2D eigenvalue weighted by Crippen LogP contribution is 2.12. The summed E-state index contributed by atoms with van der Waals surface area (Å²) in [5.41, 5.74) is 0. The van der Waals surface area contributed by atoms with E-state index < -0.39 is 17.9 Å². The van der Waals surface area contributed by atoms with Gasteiger partial charge in [-0.05, 0) is 18.7 Å². The molecule has 0 aliphatic heterocycles. The average molecular weight is 255 g/mol. The summed E-state index contributed by atoms with van der Waals surface area (Å²) in [6.45, 7) is 5.02. The molecule has 1 aromatic rings. The SMILES string of the molecule is CCN(Cc1ccc(C(=O)O)o1)CC(C)C(=O)O. The van der Waals surface area contributed by atoms with Crippen molar-refractivity contribution in [2.45, 2.75) is 20.4 Å². The van der Waals surface area contributed by atoms with Gasteiger partial charge in [0.2, 0.25) is 5.76 Å². The van der Waals surface area contributed by atoms with E-state index in [1.165, 1.54) is 6.07 Å². The highest BCUT2D eigenvalue weighted by atomic mass is 16.4. The Morgan fingerprint density at radius 3 is 2.50 bits per heavy atom. The largest absolute Gasteiger partial charge is 0.481 e. The molecular formula is C12H17NO5. The average Bonchev–Trinajstić information content (AvgIpc) is 2.76. The van der Waals surface area contributed by atoms with Crippen LogP contribution in [0.3, 0.4) is 0 Å². The third kappa shape index (κ3) is 3.89. The van der Waals surface area contributed by atoms with Gasteiger partial charge in [0.05, 0.1) is 12.5 Å². The molecule has 6 heteroatoms. The molecule has 1 rings (SSSR count). The van der Waals surface area contributed by atoms with E-state index in [9.17, 15) is 9.59 Å². The van der Waals surface area contributed by atoms with Crippen LogP contribution in [0.1, 0.15) is 30.2 Å². The lowest BCUT2D eigenvalue weighted by atomic mass is 10.1. The molecule has 0 amide bonds. The van der Waals surface area contributed by atoms with Gasteiger partial charge in [-0.15, -0.1) is 0 Å². The second-order valence-corrected chi connectivity index (χ2v) is 4.14. The van der Waals surface area contributed by atoms with Crippen LogP contribution in [0.5, 0.6) is 0 Å². The number of furan rings is 1. The van der Waals surface area contributed by atoms with Gasteiger partial charge >= 0.3 is 11.9 Å². The van der Waals surface area contributed by atoms with E-state index in [0.717, 1.165) is 0 Å². The van der Waals surface area contributed by atoms with Gasteiger partial charge in [0.25, 0.3) is 0 Å². The second kappa shape index (κ2) is 6.20. The molecule has 1 heterocycles. The van der Waals surface area contributed by atoms with Gasteiger partial charge in [-0.2, -0.15) is 0 Å². The summed E-state index contributed by atoms with van der Waals surface area (Å²) in [6.07, 6.45) is 0. The first-order valence-electron chi connectivity index (χ1n) is 5.71. The molecule has 0 radical (unpaired) electrons. The van der Waals surface area contributed by atoms with E-state index in [4.69, 9.17) is 14.6 Å². The van der Waals surface area contributed by atoms with Gasteiger partial charge < -0.3 is 14.6 Å². The number of hydrogen-bond donors (Lipinski definition) is 2. The zero-order valence-corrected chi connectivity index (χ0v) is 10.4. The molecule has 0 saturated carbocycles. The first-order chi connectivity index (χ1) is 8.43. The molecule has 1 unspecified atom stereocenters. The lowest BCUT2D eigenvalue weighted by molar-refractivity contribution is -0.141. The summed E-state index contributed by atoms with van der Waals surface area (Å²) >= 11 is 0. The van der Waals surface area contributed by atoms with E-state index in [1.807, 2.05) is 11.8 Å². The molecule has 1 aromatic heterocycles. The molecule has 1 atom stereocenters. The third-order valence-electron chi connectivity index (χ3n) is 2.65. The molecule has 0 saturated heterocycles. The number of hydrogen-bond acceptors (Lipinski definition) is 4. The van der Waals surface area contributed by atoms with Crippen molar-refractivity contribution in [2.24, 2.45) is 5.92 Å². The topological polar surface area (TPSA) is 91.0 Å². The molecule has 2 N–H and O–H groups in total. The van der Waals surface area contributed by atoms with Crippen molar-refractivity contribution in [3.05, 3.63) is 23.7 Å². The number of nitrogens with zero attached hydrogens (tertiary/aromatic N) is 1. The Kier molecular flexibility index (Phi) is 4.91. The number of aliphatic carboxylic acids is 1. The Morgan fingerprint density at radius 1 is 1.39 bits per heavy atom.